The maximum absolute atomic E-state index is 11.5. The standard InChI is InChI=1S/C12H15ClO/c1-8(2)10-5-4-9(3)11(6-10)12(14)7-13/h4-6,8H,7H2,1-3H3. The topological polar surface area (TPSA) is 17.1 Å². The molecule has 0 saturated carbocycles. The number of Topliss-reactive ketones (excluding diaryl/α,β-unsaturated/α-hetero) is 1. The van der Waals surface area contributed by atoms with Crippen molar-refractivity contribution in [3.63, 3.8) is 0 Å². The number of alkyl halides is 1. The minimum Gasteiger partial charge on any atom is -0.293 e. The molecule has 0 bridgehead atoms. The van der Waals surface area contributed by atoms with E-state index in [0.717, 1.165) is 11.1 Å². The molecule has 1 rings (SSSR count). The molecule has 0 atom stereocenters. The Labute approximate surface area is 90.1 Å². The first kappa shape index (κ1) is 11.3. The Hall–Kier alpha value is -0.820. The van der Waals surface area contributed by atoms with Crippen LogP contribution in [0.25, 0.3) is 0 Å². The Bertz CT molecular complexity index is 342. The van der Waals surface area contributed by atoms with Gasteiger partial charge in [0.15, 0.2) is 5.78 Å². The van der Waals surface area contributed by atoms with E-state index in [2.05, 4.69) is 19.9 Å². The molecule has 0 saturated heterocycles. The van der Waals surface area contributed by atoms with E-state index in [1.54, 1.807) is 0 Å². The van der Waals surface area contributed by atoms with Gasteiger partial charge in [-0.05, 0) is 30.0 Å². The zero-order valence-electron chi connectivity index (χ0n) is 8.80. The summed E-state index contributed by atoms with van der Waals surface area (Å²) in [5.41, 5.74) is 2.94. The van der Waals surface area contributed by atoms with E-state index in [9.17, 15) is 4.79 Å². The molecule has 1 aromatic carbocycles. The lowest BCUT2D eigenvalue weighted by atomic mass is 9.96. The highest BCUT2D eigenvalue weighted by Gasteiger charge is 2.09. The van der Waals surface area contributed by atoms with Crippen LogP contribution in [0.1, 0.15) is 41.3 Å². The molecule has 76 valence electrons. The second-order valence-corrected chi connectivity index (χ2v) is 4.05. The van der Waals surface area contributed by atoms with Crippen molar-refractivity contribution in [1.82, 2.24) is 0 Å². The Morgan fingerprint density at radius 1 is 1.43 bits per heavy atom. The maximum Gasteiger partial charge on any atom is 0.177 e. The third-order valence-electron chi connectivity index (χ3n) is 2.35. The first-order valence-electron chi connectivity index (χ1n) is 4.76. The Balaban J connectivity index is 3.15. The lowest BCUT2D eigenvalue weighted by Gasteiger charge is -2.09. The molecule has 0 aromatic heterocycles. The molecule has 0 unspecified atom stereocenters. The molecule has 0 amide bonds. The molecule has 1 nitrogen and oxygen atoms in total. The molecular formula is C12H15ClO. The summed E-state index contributed by atoms with van der Waals surface area (Å²) in [5.74, 6) is 0.506. The molecule has 0 aliphatic heterocycles. The number of halogens is 1. The first-order chi connectivity index (χ1) is 6.56. The van der Waals surface area contributed by atoms with Crippen LogP contribution in [0.5, 0.6) is 0 Å². The van der Waals surface area contributed by atoms with E-state index >= 15 is 0 Å². The van der Waals surface area contributed by atoms with Crippen LogP contribution in [0.3, 0.4) is 0 Å². The highest BCUT2D eigenvalue weighted by Crippen LogP contribution is 2.19. The highest BCUT2D eigenvalue weighted by molar-refractivity contribution is 6.30. The predicted octanol–water partition coefficient (Wildman–Crippen LogP) is 3.54. The van der Waals surface area contributed by atoms with Crippen LogP contribution >= 0.6 is 11.6 Å². The van der Waals surface area contributed by atoms with Crippen molar-refractivity contribution in [2.75, 3.05) is 5.88 Å². The van der Waals surface area contributed by atoms with Crippen molar-refractivity contribution in [3.05, 3.63) is 34.9 Å². The van der Waals surface area contributed by atoms with Crippen LogP contribution in [-0.4, -0.2) is 11.7 Å². The molecule has 0 N–H and O–H groups in total. The van der Waals surface area contributed by atoms with Gasteiger partial charge >= 0.3 is 0 Å². The molecule has 14 heavy (non-hydrogen) atoms. The Morgan fingerprint density at radius 2 is 2.07 bits per heavy atom. The van der Waals surface area contributed by atoms with Crippen LogP contribution in [0.2, 0.25) is 0 Å². The van der Waals surface area contributed by atoms with Crippen LogP contribution in [-0.2, 0) is 0 Å². The van der Waals surface area contributed by atoms with Gasteiger partial charge in [0, 0.05) is 5.56 Å². The average molecular weight is 211 g/mol. The van der Waals surface area contributed by atoms with Gasteiger partial charge in [-0.15, -0.1) is 11.6 Å². The van der Waals surface area contributed by atoms with Gasteiger partial charge in [0.1, 0.15) is 0 Å². The van der Waals surface area contributed by atoms with E-state index in [1.165, 1.54) is 5.56 Å². The van der Waals surface area contributed by atoms with E-state index in [-0.39, 0.29) is 11.7 Å². The SMILES string of the molecule is Cc1ccc(C(C)C)cc1C(=O)CCl. The van der Waals surface area contributed by atoms with Gasteiger partial charge in [0.2, 0.25) is 0 Å². The summed E-state index contributed by atoms with van der Waals surface area (Å²) in [6, 6.07) is 5.99. The summed E-state index contributed by atoms with van der Waals surface area (Å²) in [6.45, 7) is 6.16. The third kappa shape index (κ3) is 2.36. The summed E-state index contributed by atoms with van der Waals surface area (Å²) in [6.07, 6.45) is 0. The molecular weight excluding hydrogens is 196 g/mol. The van der Waals surface area contributed by atoms with Crippen molar-refractivity contribution in [1.29, 1.82) is 0 Å². The first-order valence-corrected chi connectivity index (χ1v) is 5.29. The molecule has 0 aliphatic carbocycles. The summed E-state index contributed by atoms with van der Waals surface area (Å²) in [7, 11) is 0. The number of rotatable bonds is 3. The summed E-state index contributed by atoms with van der Waals surface area (Å²) in [4.78, 5) is 11.5. The molecule has 0 spiro atoms. The molecule has 0 aliphatic rings. The van der Waals surface area contributed by atoms with Crippen molar-refractivity contribution in [2.24, 2.45) is 0 Å². The van der Waals surface area contributed by atoms with Gasteiger partial charge in [0.25, 0.3) is 0 Å². The quantitative estimate of drug-likeness (QED) is 0.551. The van der Waals surface area contributed by atoms with Crippen LogP contribution in [0, 0.1) is 6.92 Å². The predicted molar refractivity (Wildman–Crippen MR) is 60.3 cm³/mol. The Kier molecular flexibility index (Phi) is 3.70. The van der Waals surface area contributed by atoms with E-state index < -0.39 is 0 Å². The molecule has 1 aromatic rings. The van der Waals surface area contributed by atoms with Gasteiger partial charge in [-0.25, -0.2) is 0 Å². The number of carbonyl (C=O) groups excluding carboxylic acids is 1. The largest absolute Gasteiger partial charge is 0.293 e. The van der Waals surface area contributed by atoms with E-state index in [1.807, 2.05) is 19.1 Å². The highest BCUT2D eigenvalue weighted by atomic mass is 35.5. The lowest BCUT2D eigenvalue weighted by Crippen LogP contribution is -2.04. The monoisotopic (exact) mass is 210 g/mol. The fourth-order valence-electron chi connectivity index (χ4n) is 1.37. The van der Waals surface area contributed by atoms with E-state index in [4.69, 9.17) is 11.6 Å². The van der Waals surface area contributed by atoms with Gasteiger partial charge in [0.05, 0.1) is 5.88 Å². The number of aryl methyl sites for hydroxylation is 1. The minimum absolute atomic E-state index is 0.00617. The van der Waals surface area contributed by atoms with Gasteiger partial charge in [-0.3, -0.25) is 4.79 Å². The zero-order chi connectivity index (χ0) is 10.7. The second-order valence-electron chi connectivity index (χ2n) is 3.79. The zero-order valence-corrected chi connectivity index (χ0v) is 9.56. The lowest BCUT2D eigenvalue weighted by molar-refractivity contribution is 0.102. The average Bonchev–Trinajstić information content (AvgIpc) is 2.17. The number of hydrogen-bond acceptors (Lipinski definition) is 1. The number of ketones is 1. The fraction of sp³-hybridized carbons (Fsp3) is 0.417. The van der Waals surface area contributed by atoms with Gasteiger partial charge in [-0.2, -0.15) is 0 Å². The molecule has 0 radical (unpaired) electrons. The molecule has 0 fully saturated rings. The summed E-state index contributed by atoms with van der Waals surface area (Å²) >= 11 is 5.54. The van der Waals surface area contributed by atoms with Crippen LogP contribution in [0.4, 0.5) is 0 Å². The second kappa shape index (κ2) is 4.61. The number of hydrogen-bond donors (Lipinski definition) is 0. The van der Waals surface area contributed by atoms with Crippen molar-refractivity contribution >= 4 is 17.4 Å². The Morgan fingerprint density at radius 3 is 2.57 bits per heavy atom. The smallest absolute Gasteiger partial charge is 0.177 e. The van der Waals surface area contributed by atoms with Gasteiger partial charge in [-0.1, -0.05) is 26.0 Å². The maximum atomic E-state index is 11.5. The normalized spacial score (nSPS) is 10.6. The molecule has 0 heterocycles. The van der Waals surface area contributed by atoms with Crippen LogP contribution < -0.4 is 0 Å². The minimum atomic E-state index is 0.00617. The number of carbonyl (C=O) groups is 1. The third-order valence-corrected chi connectivity index (χ3v) is 2.59. The van der Waals surface area contributed by atoms with E-state index in [0.29, 0.717) is 5.92 Å². The summed E-state index contributed by atoms with van der Waals surface area (Å²) in [5, 5.41) is 0. The van der Waals surface area contributed by atoms with Crippen LogP contribution in [0.15, 0.2) is 18.2 Å². The number of benzene rings is 1. The summed E-state index contributed by atoms with van der Waals surface area (Å²) < 4.78 is 0. The van der Waals surface area contributed by atoms with Crippen molar-refractivity contribution in [3.8, 4) is 0 Å². The van der Waals surface area contributed by atoms with Crippen molar-refractivity contribution in [2.45, 2.75) is 26.7 Å². The van der Waals surface area contributed by atoms with Crippen molar-refractivity contribution < 1.29 is 4.79 Å². The molecule has 2 heteroatoms. The fourth-order valence-corrected chi connectivity index (χ4v) is 1.52. The van der Waals surface area contributed by atoms with Gasteiger partial charge < -0.3 is 0 Å².